The van der Waals surface area contributed by atoms with E-state index in [1.165, 1.54) is 0 Å². The number of hydrogen-bond donors (Lipinski definition) is 1. The van der Waals surface area contributed by atoms with Crippen molar-refractivity contribution in [3.63, 3.8) is 0 Å². The Morgan fingerprint density at radius 2 is 2.14 bits per heavy atom. The lowest BCUT2D eigenvalue weighted by Crippen LogP contribution is -2.53. The lowest BCUT2D eigenvalue weighted by atomic mass is 10.1. The van der Waals surface area contributed by atoms with E-state index in [9.17, 15) is 9.59 Å². The molecule has 0 unspecified atom stereocenters. The lowest BCUT2D eigenvalue weighted by Gasteiger charge is -2.35. The van der Waals surface area contributed by atoms with Crippen LogP contribution in [0.2, 0.25) is 0 Å². The molecule has 0 aromatic carbocycles. The number of ether oxygens (including phenoxy) is 1. The van der Waals surface area contributed by atoms with Gasteiger partial charge in [0.2, 0.25) is 5.91 Å². The zero-order valence-electron chi connectivity index (χ0n) is 12.6. The zero-order valence-corrected chi connectivity index (χ0v) is 12.6. The molecule has 118 valence electrons. The molecule has 2 amide bonds. The van der Waals surface area contributed by atoms with Gasteiger partial charge in [-0.3, -0.25) is 19.5 Å². The molecule has 0 saturated carbocycles. The molecule has 1 aromatic heterocycles. The van der Waals surface area contributed by atoms with Crippen molar-refractivity contribution in [2.75, 3.05) is 39.8 Å². The Morgan fingerprint density at radius 3 is 2.86 bits per heavy atom. The first-order chi connectivity index (χ1) is 10.7. The van der Waals surface area contributed by atoms with Gasteiger partial charge >= 0.3 is 0 Å². The van der Waals surface area contributed by atoms with Gasteiger partial charge in [0.1, 0.15) is 0 Å². The van der Waals surface area contributed by atoms with Crippen LogP contribution in [0.3, 0.4) is 0 Å². The molecule has 1 aromatic rings. The summed E-state index contributed by atoms with van der Waals surface area (Å²) in [6.07, 6.45) is 3.21. The van der Waals surface area contributed by atoms with Gasteiger partial charge in [-0.25, -0.2) is 0 Å². The van der Waals surface area contributed by atoms with Gasteiger partial charge in [0.15, 0.2) is 0 Å². The van der Waals surface area contributed by atoms with E-state index in [0.717, 1.165) is 0 Å². The van der Waals surface area contributed by atoms with Crippen molar-refractivity contribution in [3.8, 4) is 0 Å². The highest BCUT2D eigenvalue weighted by molar-refractivity contribution is 5.94. The molecule has 3 rings (SSSR count). The summed E-state index contributed by atoms with van der Waals surface area (Å²) in [6.45, 7) is 2.80. The van der Waals surface area contributed by atoms with Crippen LogP contribution in [0.4, 0.5) is 0 Å². The minimum absolute atomic E-state index is 0.0136. The van der Waals surface area contributed by atoms with E-state index in [0.29, 0.717) is 38.3 Å². The topological polar surface area (TPSA) is 74.8 Å². The molecular weight excluding hydrogens is 284 g/mol. The highest BCUT2D eigenvalue weighted by Gasteiger charge is 2.42. The maximum atomic E-state index is 12.5. The lowest BCUT2D eigenvalue weighted by molar-refractivity contribution is -0.125. The van der Waals surface area contributed by atoms with Crippen LogP contribution in [0.1, 0.15) is 10.4 Å². The third kappa shape index (κ3) is 2.95. The second-order valence-electron chi connectivity index (χ2n) is 5.57. The average Bonchev–Trinajstić information content (AvgIpc) is 3.00. The Bertz CT molecular complexity index is 551. The Morgan fingerprint density at radius 1 is 1.36 bits per heavy atom. The van der Waals surface area contributed by atoms with Crippen LogP contribution in [0.5, 0.6) is 0 Å². The number of nitrogens with zero attached hydrogens (tertiary/aromatic N) is 3. The van der Waals surface area contributed by atoms with E-state index in [2.05, 4.69) is 15.2 Å². The van der Waals surface area contributed by atoms with Gasteiger partial charge < -0.3 is 15.0 Å². The number of pyridine rings is 1. The summed E-state index contributed by atoms with van der Waals surface area (Å²) in [6, 6.07) is 3.51. The van der Waals surface area contributed by atoms with Crippen LogP contribution in [0, 0.1) is 0 Å². The van der Waals surface area contributed by atoms with Gasteiger partial charge in [-0.2, -0.15) is 0 Å². The van der Waals surface area contributed by atoms with Crippen molar-refractivity contribution in [1.82, 2.24) is 20.1 Å². The number of fused-ring (bicyclic) bond motifs is 1. The minimum Gasteiger partial charge on any atom is -0.373 e. The molecular formula is C15H20N4O3. The van der Waals surface area contributed by atoms with Crippen molar-refractivity contribution in [2.24, 2.45) is 0 Å². The van der Waals surface area contributed by atoms with Crippen molar-refractivity contribution in [1.29, 1.82) is 0 Å². The highest BCUT2D eigenvalue weighted by atomic mass is 16.5. The molecule has 0 spiro atoms. The summed E-state index contributed by atoms with van der Waals surface area (Å²) in [5, 5.41) is 2.64. The van der Waals surface area contributed by atoms with Crippen LogP contribution >= 0.6 is 0 Å². The SMILES string of the molecule is CNC(=O)CN1CCO[C@H]2CN(C(=O)c3ccncc3)C[C@H]21. The van der Waals surface area contributed by atoms with Crippen molar-refractivity contribution >= 4 is 11.8 Å². The van der Waals surface area contributed by atoms with Crippen LogP contribution in [-0.2, 0) is 9.53 Å². The molecule has 0 radical (unpaired) electrons. The number of carbonyl (C=O) groups excluding carboxylic acids is 2. The molecule has 0 aliphatic carbocycles. The second-order valence-corrected chi connectivity index (χ2v) is 5.57. The highest BCUT2D eigenvalue weighted by Crippen LogP contribution is 2.24. The normalized spacial score (nSPS) is 24.9. The molecule has 2 atom stereocenters. The molecule has 2 aliphatic heterocycles. The molecule has 0 bridgehead atoms. The van der Waals surface area contributed by atoms with Gasteiger partial charge in [-0.05, 0) is 12.1 Å². The van der Waals surface area contributed by atoms with Crippen LogP contribution in [0.25, 0.3) is 0 Å². The number of rotatable bonds is 3. The summed E-state index contributed by atoms with van der Waals surface area (Å²) < 4.78 is 5.78. The predicted molar refractivity (Wildman–Crippen MR) is 79.3 cm³/mol. The van der Waals surface area contributed by atoms with E-state index in [4.69, 9.17) is 4.74 Å². The zero-order chi connectivity index (χ0) is 15.5. The number of hydrogen-bond acceptors (Lipinski definition) is 5. The number of nitrogens with one attached hydrogen (secondary N) is 1. The van der Waals surface area contributed by atoms with E-state index in [1.807, 2.05) is 0 Å². The molecule has 2 saturated heterocycles. The van der Waals surface area contributed by atoms with E-state index < -0.39 is 0 Å². The van der Waals surface area contributed by atoms with Crippen molar-refractivity contribution < 1.29 is 14.3 Å². The first kappa shape index (κ1) is 14.9. The quantitative estimate of drug-likeness (QED) is 0.803. The fraction of sp³-hybridized carbons (Fsp3) is 0.533. The van der Waals surface area contributed by atoms with Crippen molar-refractivity contribution in [2.45, 2.75) is 12.1 Å². The number of aromatic nitrogens is 1. The number of likely N-dealkylation sites (N-methyl/N-ethyl adjacent to an activating group) is 1. The Kier molecular flexibility index (Phi) is 4.35. The second kappa shape index (κ2) is 6.41. The largest absolute Gasteiger partial charge is 0.373 e. The Hall–Kier alpha value is -1.99. The van der Waals surface area contributed by atoms with Gasteiger partial charge in [-0.1, -0.05) is 0 Å². The Balaban J connectivity index is 1.69. The molecule has 3 heterocycles. The molecule has 1 N–H and O–H groups in total. The monoisotopic (exact) mass is 304 g/mol. The molecule has 22 heavy (non-hydrogen) atoms. The Labute approximate surface area is 129 Å². The summed E-state index contributed by atoms with van der Waals surface area (Å²) in [5.41, 5.74) is 0.631. The fourth-order valence-corrected chi connectivity index (χ4v) is 3.06. The third-order valence-corrected chi connectivity index (χ3v) is 4.26. The average molecular weight is 304 g/mol. The van der Waals surface area contributed by atoms with E-state index in [-0.39, 0.29) is 24.0 Å². The van der Waals surface area contributed by atoms with E-state index >= 15 is 0 Å². The summed E-state index contributed by atoms with van der Waals surface area (Å²) in [7, 11) is 1.63. The number of morpholine rings is 1. The molecule has 2 aliphatic rings. The summed E-state index contributed by atoms with van der Waals surface area (Å²) >= 11 is 0. The van der Waals surface area contributed by atoms with Crippen LogP contribution in [0.15, 0.2) is 24.5 Å². The minimum atomic E-state index is -0.0239. The van der Waals surface area contributed by atoms with Gasteiger partial charge in [0.05, 0.1) is 25.3 Å². The summed E-state index contributed by atoms with van der Waals surface area (Å²) in [5.74, 6) is -0.0279. The van der Waals surface area contributed by atoms with E-state index in [1.54, 1.807) is 36.5 Å². The van der Waals surface area contributed by atoms with Crippen molar-refractivity contribution in [3.05, 3.63) is 30.1 Å². The van der Waals surface area contributed by atoms with Crippen LogP contribution in [-0.4, -0.2) is 78.6 Å². The number of amides is 2. The predicted octanol–water partition coefficient (Wildman–Crippen LogP) is -0.647. The fourth-order valence-electron chi connectivity index (χ4n) is 3.06. The summed E-state index contributed by atoms with van der Waals surface area (Å²) in [4.78, 5) is 32.0. The number of carbonyl (C=O) groups is 2. The standard InChI is InChI=1S/C15H20N4O3/c1-16-14(20)10-18-6-7-22-13-9-19(8-12(13)18)15(21)11-2-4-17-5-3-11/h2-5,12-13H,6-10H2,1H3,(H,16,20)/t12-,13+/m1/s1. The molecule has 2 fully saturated rings. The van der Waals surface area contributed by atoms with Gasteiger partial charge in [-0.15, -0.1) is 0 Å². The van der Waals surface area contributed by atoms with Gasteiger partial charge in [0, 0.05) is 44.6 Å². The first-order valence-electron chi connectivity index (χ1n) is 7.44. The third-order valence-electron chi connectivity index (χ3n) is 4.26. The van der Waals surface area contributed by atoms with Crippen LogP contribution < -0.4 is 5.32 Å². The molecule has 7 nitrogen and oxygen atoms in total. The maximum absolute atomic E-state index is 12.5. The smallest absolute Gasteiger partial charge is 0.254 e. The number of likely N-dealkylation sites (tertiary alicyclic amines) is 1. The maximum Gasteiger partial charge on any atom is 0.254 e. The first-order valence-corrected chi connectivity index (χ1v) is 7.44. The van der Waals surface area contributed by atoms with Gasteiger partial charge in [0.25, 0.3) is 5.91 Å². The molecule has 7 heteroatoms.